The number of benzene rings is 2. The Bertz CT molecular complexity index is 1620. The van der Waals surface area contributed by atoms with Crippen molar-refractivity contribution in [3.63, 3.8) is 0 Å². The van der Waals surface area contributed by atoms with E-state index in [0.29, 0.717) is 45.8 Å². The molecule has 0 unspecified atom stereocenters. The van der Waals surface area contributed by atoms with Crippen LogP contribution >= 0.6 is 23.4 Å². The molecule has 0 aliphatic carbocycles. The lowest BCUT2D eigenvalue weighted by atomic mass is 9.92. The summed E-state index contributed by atoms with van der Waals surface area (Å²) in [5, 5.41) is 20.9. The normalized spacial score (nSPS) is 20.3. The molecule has 2 aromatic carbocycles. The number of aromatic nitrogens is 2. The van der Waals surface area contributed by atoms with Crippen molar-refractivity contribution in [1.82, 2.24) is 14.5 Å². The van der Waals surface area contributed by atoms with Gasteiger partial charge in [-0.05, 0) is 44.5 Å². The molecule has 0 saturated carbocycles. The number of thioether (sulfide) groups is 1. The van der Waals surface area contributed by atoms with Crippen molar-refractivity contribution in [3.8, 4) is 11.1 Å². The van der Waals surface area contributed by atoms with Crippen molar-refractivity contribution in [1.29, 1.82) is 0 Å². The largest absolute Gasteiger partial charge is 0.396 e. The molecule has 41 heavy (non-hydrogen) atoms. The first-order chi connectivity index (χ1) is 19.4. The van der Waals surface area contributed by atoms with E-state index >= 15 is 4.39 Å². The summed E-state index contributed by atoms with van der Waals surface area (Å²) in [7, 11) is 0. The smallest absolute Gasteiger partial charge is 0.350 e. The van der Waals surface area contributed by atoms with E-state index in [-0.39, 0.29) is 54.1 Å². The van der Waals surface area contributed by atoms with E-state index in [9.17, 15) is 24.2 Å². The zero-order valence-electron chi connectivity index (χ0n) is 23.0. The Kier molecular flexibility index (Phi) is 7.92. The molecule has 12 heteroatoms. The van der Waals surface area contributed by atoms with E-state index in [4.69, 9.17) is 11.6 Å². The van der Waals surface area contributed by atoms with Gasteiger partial charge < -0.3 is 20.0 Å². The van der Waals surface area contributed by atoms with Crippen LogP contribution in [0.1, 0.15) is 19.4 Å². The van der Waals surface area contributed by atoms with Gasteiger partial charge in [0, 0.05) is 70.4 Å². The molecule has 2 aliphatic heterocycles. The molecule has 5 rings (SSSR count). The van der Waals surface area contributed by atoms with Crippen LogP contribution in [-0.4, -0.2) is 74.7 Å². The van der Waals surface area contributed by atoms with Crippen LogP contribution in [-0.2, 0) is 11.3 Å². The summed E-state index contributed by atoms with van der Waals surface area (Å²) in [6, 6.07) is 3.40. The fraction of sp³-hybridized carbons (Fsp3) is 0.414. The number of anilines is 1. The van der Waals surface area contributed by atoms with Gasteiger partial charge in [0.2, 0.25) is 5.91 Å². The van der Waals surface area contributed by atoms with Crippen molar-refractivity contribution in [2.75, 3.05) is 37.0 Å². The van der Waals surface area contributed by atoms with Gasteiger partial charge in [0.05, 0.1) is 23.8 Å². The summed E-state index contributed by atoms with van der Waals surface area (Å²) >= 11 is 7.36. The first-order valence-corrected chi connectivity index (χ1v) is 14.6. The minimum atomic E-state index is -1.05. The summed E-state index contributed by atoms with van der Waals surface area (Å²) in [5.41, 5.74) is 0.0286. The average Bonchev–Trinajstić information content (AvgIpc) is 3.11. The van der Waals surface area contributed by atoms with Crippen LogP contribution in [0.5, 0.6) is 0 Å². The maximum atomic E-state index is 15.3. The number of nitrogens with zero attached hydrogens (tertiary/aromatic N) is 4. The molecular weight excluding hydrogens is 574 g/mol. The highest BCUT2D eigenvalue weighted by Gasteiger charge is 2.38. The lowest BCUT2D eigenvalue weighted by Crippen LogP contribution is -2.58. The Balaban J connectivity index is 1.79. The lowest BCUT2D eigenvalue weighted by molar-refractivity contribution is -0.130. The van der Waals surface area contributed by atoms with Crippen molar-refractivity contribution < 1.29 is 23.8 Å². The predicted octanol–water partition coefficient (Wildman–Crippen LogP) is 3.99. The third-order valence-corrected chi connectivity index (χ3v) is 9.74. The number of halogens is 3. The molecule has 1 amide bonds. The lowest BCUT2D eigenvalue weighted by Gasteiger charge is -2.44. The summed E-state index contributed by atoms with van der Waals surface area (Å²) < 4.78 is 30.8. The molecule has 0 bridgehead atoms. The van der Waals surface area contributed by atoms with Crippen molar-refractivity contribution in [3.05, 3.63) is 63.6 Å². The number of aryl methyl sites for hydroxylation is 1. The van der Waals surface area contributed by atoms with Crippen molar-refractivity contribution >= 4 is 46.0 Å². The number of carbonyl (C=O) groups excluding carboxylic acids is 1. The quantitative estimate of drug-likeness (QED) is 0.336. The molecule has 2 aliphatic rings. The molecule has 218 valence electrons. The molecular formula is C29H31ClF2N4O4S. The second kappa shape index (κ2) is 11.0. The summed E-state index contributed by atoms with van der Waals surface area (Å²) in [4.78, 5) is 35.0. The van der Waals surface area contributed by atoms with Gasteiger partial charge >= 0.3 is 5.69 Å². The zero-order valence-corrected chi connectivity index (χ0v) is 24.5. The van der Waals surface area contributed by atoms with Crippen LogP contribution in [0.25, 0.3) is 22.0 Å². The van der Waals surface area contributed by atoms with Crippen molar-refractivity contribution in [2.45, 2.75) is 44.3 Å². The van der Waals surface area contributed by atoms with Gasteiger partial charge in [-0.1, -0.05) is 18.2 Å². The third-order valence-electron chi connectivity index (χ3n) is 8.01. The van der Waals surface area contributed by atoms with Crippen LogP contribution < -0.4 is 10.6 Å². The molecule has 8 nitrogen and oxygen atoms in total. The number of hydrogen-bond acceptors (Lipinski definition) is 7. The van der Waals surface area contributed by atoms with E-state index < -0.39 is 22.7 Å². The highest BCUT2D eigenvalue weighted by atomic mass is 35.5. The van der Waals surface area contributed by atoms with Crippen LogP contribution in [0.2, 0.25) is 5.02 Å². The van der Waals surface area contributed by atoms with Crippen LogP contribution in [0.3, 0.4) is 0 Å². The third kappa shape index (κ3) is 4.92. The minimum absolute atomic E-state index is 0.00775. The van der Waals surface area contributed by atoms with Gasteiger partial charge in [-0.2, -0.15) is 4.98 Å². The number of aliphatic hydroxyl groups excluding tert-OH is 2. The molecule has 2 atom stereocenters. The first-order valence-electron chi connectivity index (χ1n) is 13.2. The number of rotatable bonds is 5. The molecule has 1 fully saturated rings. The number of hydrogen-bond donors (Lipinski definition) is 2. The Labute approximate surface area is 245 Å². The van der Waals surface area contributed by atoms with Gasteiger partial charge in [0.15, 0.2) is 0 Å². The number of aliphatic hydroxyl groups is 2. The molecule has 0 spiro atoms. The highest BCUT2D eigenvalue weighted by molar-refractivity contribution is 7.99. The summed E-state index contributed by atoms with van der Waals surface area (Å²) in [6.45, 7) is 9.29. The number of piperazine rings is 1. The van der Waals surface area contributed by atoms with Crippen LogP contribution in [0.4, 0.5) is 14.6 Å². The maximum Gasteiger partial charge on any atom is 0.350 e. The van der Waals surface area contributed by atoms with Crippen LogP contribution in [0.15, 0.2) is 40.5 Å². The van der Waals surface area contributed by atoms with E-state index in [1.807, 2.05) is 24.8 Å². The molecule has 3 heterocycles. The summed E-state index contributed by atoms with van der Waals surface area (Å²) in [5.74, 6) is -1.20. The molecule has 3 aromatic rings. The van der Waals surface area contributed by atoms with E-state index in [0.717, 1.165) is 6.07 Å². The fourth-order valence-corrected chi connectivity index (χ4v) is 7.64. The minimum Gasteiger partial charge on any atom is -0.396 e. The Morgan fingerprint density at radius 2 is 1.85 bits per heavy atom. The second-order valence-corrected chi connectivity index (χ2v) is 12.4. The SMILES string of the molecule is C=CC(=O)N1[C@H](C)CN(c2nc(=O)n3c4c(c(-c5cc(Cl)c(F)cc5F)c(C)cc24)SCC(CO)(CO)C3)C[C@@H]1C. The topological polar surface area (TPSA) is 98.9 Å². The van der Waals surface area contributed by atoms with Gasteiger partial charge in [0.25, 0.3) is 0 Å². The molecule has 0 radical (unpaired) electrons. The van der Waals surface area contributed by atoms with Gasteiger partial charge in [0.1, 0.15) is 17.5 Å². The molecule has 1 saturated heterocycles. The zero-order chi connectivity index (χ0) is 29.8. The Morgan fingerprint density at radius 1 is 1.20 bits per heavy atom. The van der Waals surface area contributed by atoms with Crippen LogP contribution in [0, 0.1) is 24.0 Å². The standard InChI is InChI=1S/C29H31ClF2N4O4S/c1-5-23(39)36-16(3)9-34(10-17(36)4)27-19-6-15(2)24(18-7-20(30)22(32)8-21(18)31)26-25(19)35(28(40)33-27)11-29(12-37,13-38)14-41-26/h5-8,16-17,37-38H,1,9-14H2,2-4H3/t16-,17+. The van der Waals surface area contributed by atoms with Gasteiger partial charge in [-0.3, -0.25) is 9.36 Å². The second-order valence-electron chi connectivity index (χ2n) is 11.0. The maximum absolute atomic E-state index is 15.3. The fourth-order valence-electron chi connectivity index (χ4n) is 5.98. The van der Waals surface area contributed by atoms with Gasteiger partial charge in [-0.15, -0.1) is 11.8 Å². The Hall–Kier alpha value is -2.99. The highest BCUT2D eigenvalue weighted by Crippen LogP contribution is 2.47. The van der Waals surface area contributed by atoms with E-state index in [1.165, 1.54) is 28.5 Å². The summed E-state index contributed by atoms with van der Waals surface area (Å²) in [6.07, 6.45) is 1.29. The Morgan fingerprint density at radius 3 is 2.46 bits per heavy atom. The first kappa shape index (κ1) is 29.5. The average molecular weight is 605 g/mol. The van der Waals surface area contributed by atoms with E-state index in [2.05, 4.69) is 11.6 Å². The van der Waals surface area contributed by atoms with E-state index in [1.54, 1.807) is 11.8 Å². The molecule has 2 N–H and O–H groups in total. The molecule has 1 aromatic heterocycles. The number of amides is 1. The van der Waals surface area contributed by atoms with Crippen molar-refractivity contribution in [2.24, 2.45) is 5.41 Å². The monoisotopic (exact) mass is 604 g/mol. The van der Waals surface area contributed by atoms with Gasteiger partial charge in [-0.25, -0.2) is 13.6 Å². The predicted molar refractivity (Wildman–Crippen MR) is 157 cm³/mol. The number of carbonyl (C=O) groups is 1.